The normalized spacial score (nSPS) is 16.0. The predicted molar refractivity (Wildman–Crippen MR) is 47.2 cm³/mol. The second-order valence-corrected chi connectivity index (χ2v) is 3.10. The van der Waals surface area contributed by atoms with Crippen LogP contribution in [0.2, 0.25) is 0 Å². The number of carboxylic acid groups (broad SMARTS) is 1. The lowest BCUT2D eigenvalue weighted by Gasteiger charge is -2.10. The summed E-state index contributed by atoms with van der Waals surface area (Å²) >= 11 is 0. The molecule has 0 radical (unpaired) electrons. The fraction of sp³-hybridized carbons (Fsp3) is 0.556. The van der Waals surface area contributed by atoms with Gasteiger partial charge in [0.05, 0.1) is 6.42 Å². The highest BCUT2D eigenvalue weighted by molar-refractivity contribution is 5.80. The summed E-state index contributed by atoms with van der Waals surface area (Å²) in [5.41, 5.74) is 0. The second kappa shape index (κ2) is 4.64. The first-order valence-electron chi connectivity index (χ1n) is 4.34. The standard InChI is InChI=1S/C9H13NO3/c11-8(5-6-9(12)13)10-7-3-1-2-4-7/h1-2,7H,3-6H2,(H,10,11)(H,12,13). The third kappa shape index (κ3) is 3.73. The molecule has 4 heteroatoms. The summed E-state index contributed by atoms with van der Waals surface area (Å²) in [6.45, 7) is 0. The first kappa shape index (κ1) is 9.77. The summed E-state index contributed by atoms with van der Waals surface area (Å²) < 4.78 is 0. The van der Waals surface area contributed by atoms with Crippen LogP contribution in [0.15, 0.2) is 12.2 Å². The summed E-state index contributed by atoms with van der Waals surface area (Å²) in [6, 6.07) is 0.182. The average molecular weight is 183 g/mol. The minimum atomic E-state index is -0.931. The van der Waals surface area contributed by atoms with E-state index in [1.807, 2.05) is 12.2 Å². The van der Waals surface area contributed by atoms with Gasteiger partial charge in [0.1, 0.15) is 0 Å². The van der Waals surface area contributed by atoms with Crippen LogP contribution < -0.4 is 5.32 Å². The van der Waals surface area contributed by atoms with Crippen molar-refractivity contribution >= 4 is 11.9 Å². The molecule has 0 aliphatic heterocycles. The number of amides is 1. The number of carbonyl (C=O) groups excluding carboxylic acids is 1. The molecule has 72 valence electrons. The number of nitrogens with one attached hydrogen (secondary N) is 1. The molecule has 0 atom stereocenters. The van der Waals surface area contributed by atoms with Crippen molar-refractivity contribution in [2.45, 2.75) is 31.7 Å². The van der Waals surface area contributed by atoms with E-state index in [4.69, 9.17) is 5.11 Å². The van der Waals surface area contributed by atoms with Crippen molar-refractivity contribution < 1.29 is 14.7 Å². The molecule has 4 nitrogen and oxygen atoms in total. The van der Waals surface area contributed by atoms with Gasteiger partial charge in [-0.2, -0.15) is 0 Å². The molecule has 0 aromatic heterocycles. The Kier molecular flexibility index (Phi) is 3.49. The van der Waals surface area contributed by atoms with E-state index in [0.717, 1.165) is 12.8 Å². The van der Waals surface area contributed by atoms with Gasteiger partial charge in [-0.1, -0.05) is 12.2 Å². The van der Waals surface area contributed by atoms with Crippen LogP contribution in [0.1, 0.15) is 25.7 Å². The molecule has 0 bridgehead atoms. The van der Waals surface area contributed by atoms with E-state index >= 15 is 0 Å². The Hall–Kier alpha value is -1.32. The van der Waals surface area contributed by atoms with Crippen LogP contribution in [0.4, 0.5) is 0 Å². The van der Waals surface area contributed by atoms with Gasteiger partial charge in [0.25, 0.3) is 0 Å². The van der Waals surface area contributed by atoms with Gasteiger partial charge in [-0.15, -0.1) is 0 Å². The van der Waals surface area contributed by atoms with Crippen molar-refractivity contribution in [2.75, 3.05) is 0 Å². The van der Waals surface area contributed by atoms with Crippen LogP contribution in [0, 0.1) is 0 Å². The Balaban J connectivity index is 2.14. The molecule has 1 aliphatic carbocycles. The molecule has 0 fully saturated rings. The summed E-state index contributed by atoms with van der Waals surface area (Å²) in [7, 11) is 0. The van der Waals surface area contributed by atoms with E-state index in [1.165, 1.54) is 0 Å². The van der Waals surface area contributed by atoms with Crippen LogP contribution in [-0.4, -0.2) is 23.0 Å². The van der Waals surface area contributed by atoms with Crippen LogP contribution in [-0.2, 0) is 9.59 Å². The van der Waals surface area contributed by atoms with Gasteiger partial charge in [-0.05, 0) is 12.8 Å². The smallest absolute Gasteiger partial charge is 0.303 e. The quantitative estimate of drug-likeness (QED) is 0.630. The van der Waals surface area contributed by atoms with E-state index in [0.29, 0.717) is 0 Å². The van der Waals surface area contributed by atoms with Gasteiger partial charge in [0.15, 0.2) is 0 Å². The van der Waals surface area contributed by atoms with Crippen LogP contribution >= 0.6 is 0 Å². The lowest BCUT2D eigenvalue weighted by Crippen LogP contribution is -2.32. The van der Waals surface area contributed by atoms with Crippen LogP contribution in [0.3, 0.4) is 0 Å². The molecule has 1 aliphatic rings. The highest BCUT2D eigenvalue weighted by atomic mass is 16.4. The largest absolute Gasteiger partial charge is 0.481 e. The van der Waals surface area contributed by atoms with Crippen molar-refractivity contribution in [3.05, 3.63) is 12.2 Å². The fourth-order valence-corrected chi connectivity index (χ4v) is 1.26. The SMILES string of the molecule is O=C(O)CCC(=O)NC1CC=CC1. The maximum absolute atomic E-state index is 11.1. The van der Waals surface area contributed by atoms with Crippen molar-refractivity contribution in [1.82, 2.24) is 5.32 Å². The lowest BCUT2D eigenvalue weighted by atomic mass is 10.2. The zero-order chi connectivity index (χ0) is 9.68. The summed E-state index contributed by atoms with van der Waals surface area (Å²) in [5.74, 6) is -1.10. The molecule has 0 aromatic rings. The molecular weight excluding hydrogens is 170 g/mol. The monoisotopic (exact) mass is 183 g/mol. The number of carbonyl (C=O) groups is 2. The third-order valence-corrected chi connectivity index (χ3v) is 1.94. The molecular formula is C9H13NO3. The molecule has 0 saturated carbocycles. The number of carboxylic acids is 1. The number of rotatable bonds is 4. The van der Waals surface area contributed by atoms with E-state index < -0.39 is 5.97 Å². The molecule has 0 heterocycles. The van der Waals surface area contributed by atoms with Crippen LogP contribution in [0.5, 0.6) is 0 Å². The molecule has 0 aromatic carbocycles. The van der Waals surface area contributed by atoms with Gasteiger partial charge in [-0.3, -0.25) is 9.59 Å². The minimum Gasteiger partial charge on any atom is -0.481 e. The second-order valence-electron chi connectivity index (χ2n) is 3.10. The zero-order valence-corrected chi connectivity index (χ0v) is 7.32. The topological polar surface area (TPSA) is 66.4 Å². The van der Waals surface area contributed by atoms with Gasteiger partial charge in [0, 0.05) is 12.5 Å². The Morgan fingerprint density at radius 2 is 1.92 bits per heavy atom. The van der Waals surface area contributed by atoms with E-state index in [9.17, 15) is 9.59 Å². The molecule has 1 amide bonds. The Bertz CT molecular complexity index is 227. The van der Waals surface area contributed by atoms with E-state index in [2.05, 4.69) is 5.32 Å². The van der Waals surface area contributed by atoms with Gasteiger partial charge in [0.2, 0.25) is 5.91 Å². The Labute approximate surface area is 76.6 Å². The Morgan fingerprint density at radius 1 is 1.31 bits per heavy atom. The van der Waals surface area contributed by atoms with Crippen molar-refractivity contribution in [2.24, 2.45) is 0 Å². The first-order chi connectivity index (χ1) is 6.18. The molecule has 13 heavy (non-hydrogen) atoms. The molecule has 0 unspecified atom stereocenters. The minimum absolute atomic E-state index is 0.0752. The molecule has 0 saturated heterocycles. The molecule has 2 N–H and O–H groups in total. The summed E-state index contributed by atoms with van der Waals surface area (Å²) in [4.78, 5) is 21.2. The highest BCUT2D eigenvalue weighted by Crippen LogP contribution is 2.09. The van der Waals surface area contributed by atoms with Crippen molar-refractivity contribution in [3.8, 4) is 0 Å². The first-order valence-corrected chi connectivity index (χ1v) is 4.34. The summed E-state index contributed by atoms with van der Waals surface area (Å²) in [5, 5.41) is 11.1. The fourth-order valence-electron chi connectivity index (χ4n) is 1.26. The van der Waals surface area contributed by atoms with Gasteiger partial charge < -0.3 is 10.4 Å². The number of hydrogen-bond donors (Lipinski definition) is 2. The maximum atomic E-state index is 11.1. The van der Waals surface area contributed by atoms with E-state index in [-0.39, 0.29) is 24.8 Å². The van der Waals surface area contributed by atoms with Crippen LogP contribution in [0.25, 0.3) is 0 Å². The van der Waals surface area contributed by atoms with Crippen molar-refractivity contribution in [1.29, 1.82) is 0 Å². The highest BCUT2D eigenvalue weighted by Gasteiger charge is 2.13. The van der Waals surface area contributed by atoms with Crippen molar-refractivity contribution in [3.63, 3.8) is 0 Å². The Morgan fingerprint density at radius 3 is 2.46 bits per heavy atom. The van der Waals surface area contributed by atoms with Gasteiger partial charge in [-0.25, -0.2) is 0 Å². The maximum Gasteiger partial charge on any atom is 0.303 e. The molecule has 1 rings (SSSR count). The molecule has 0 spiro atoms. The predicted octanol–water partition coefficient (Wildman–Crippen LogP) is 0.686. The number of hydrogen-bond acceptors (Lipinski definition) is 2. The van der Waals surface area contributed by atoms with Gasteiger partial charge >= 0.3 is 5.97 Å². The summed E-state index contributed by atoms with van der Waals surface area (Å²) in [6.07, 6.45) is 5.74. The third-order valence-electron chi connectivity index (χ3n) is 1.94. The lowest BCUT2D eigenvalue weighted by molar-refractivity contribution is -0.138. The number of aliphatic carboxylic acids is 1. The average Bonchev–Trinajstić information content (AvgIpc) is 2.53. The zero-order valence-electron chi connectivity index (χ0n) is 7.32. The van der Waals surface area contributed by atoms with E-state index in [1.54, 1.807) is 0 Å².